The lowest BCUT2D eigenvalue weighted by Crippen LogP contribution is -2.44. The maximum atomic E-state index is 10.9. The van der Waals surface area contributed by atoms with Crippen LogP contribution >= 0.6 is 0 Å². The summed E-state index contributed by atoms with van der Waals surface area (Å²) in [7, 11) is 0. The molecule has 68 valence electrons. The van der Waals surface area contributed by atoms with Gasteiger partial charge in [-0.05, 0) is 26.3 Å². The number of hydrogen-bond donors (Lipinski definition) is 2. The van der Waals surface area contributed by atoms with Crippen molar-refractivity contribution in [1.29, 1.82) is 0 Å². The fourth-order valence-corrected chi connectivity index (χ4v) is 1.45. The van der Waals surface area contributed by atoms with Gasteiger partial charge in [0.05, 0.1) is 12.0 Å². The van der Waals surface area contributed by atoms with Gasteiger partial charge in [0.2, 0.25) is 0 Å². The van der Waals surface area contributed by atoms with Crippen molar-refractivity contribution >= 4 is 11.8 Å². The smallest absolute Gasteiger partial charge is 0.306 e. The first kappa shape index (κ1) is 9.19. The van der Waals surface area contributed by atoms with Gasteiger partial charge in [0.25, 0.3) is 0 Å². The first-order chi connectivity index (χ1) is 5.61. The van der Waals surface area contributed by atoms with Crippen LogP contribution in [0.1, 0.15) is 19.8 Å². The van der Waals surface area contributed by atoms with E-state index in [2.05, 4.69) is 5.32 Å². The zero-order valence-corrected chi connectivity index (χ0v) is 7.04. The SMILES string of the molecule is CC(=O)C1CC(C(=O)O)CCN1. The maximum absolute atomic E-state index is 10.9. The fraction of sp³-hybridized carbons (Fsp3) is 0.750. The monoisotopic (exact) mass is 171 g/mol. The molecule has 4 nitrogen and oxygen atoms in total. The van der Waals surface area contributed by atoms with Gasteiger partial charge in [-0.2, -0.15) is 0 Å². The second-order valence-corrected chi connectivity index (χ2v) is 3.18. The average Bonchev–Trinajstić information content (AvgIpc) is 2.04. The van der Waals surface area contributed by atoms with Gasteiger partial charge in [0, 0.05) is 0 Å². The Morgan fingerprint density at radius 1 is 1.50 bits per heavy atom. The zero-order valence-electron chi connectivity index (χ0n) is 7.04. The minimum atomic E-state index is -0.789. The van der Waals surface area contributed by atoms with Crippen molar-refractivity contribution in [2.75, 3.05) is 6.54 Å². The number of carbonyl (C=O) groups is 2. The molecule has 1 fully saturated rings. The summed E-state index contributed by atoms with van der Waals surface area (Å²) in [5.74, 6) is -1.11. The standard InChI is InChI=1S/C8H13NO3/c1-5(10)7-4-6(8(11)12)2-3-9-7/h6-7,9H,2-4H2,1H3,(H,11,12). The van der Waals surface area contributed by atoms with Crippen LogP contribution in [0.3, 0.4) is 0 Å². The Hall–Kier alpha value is -0.900. The molecule has 0 spiro atoms. The van der Waals surface area contributed by atoms with E-state index in [1.54, 1.807) is 0 Å². The van der Waals surface area contributed by atoms with Crippen LogP contribution in [0, 0.1) is 5.92 Å². The number of carboxylic acids is 1. The summed E-state index contributed by atoms with van der Waals surface area (Å²) >= 11 is 0. The Kier molecular flexibility index (Phi) is 2.81. The van der Waals surface area contributed by atoms with Gasteiger partial charge >= 0.3 is 5.97 Å². The number of ketones is 1. The highest BCUT2D eigenvalue weighted by Gasteiger charge is 2.28. The molecule has 1 saturated heterocycles. The van der Waals surface area contributed by atoms with E-state index in [9.17, 15) is 9.59 Å². The Balaban J connectivity index is 2.51. The van der Waals surface area contributed by atoms with Crippen LogP contribution in [0.5, 0.6) is 0 Å². The molecule has 1 aliphatic rings. The zero-order chi connectivity index (χ0) is 9.14. The average molecular weight is 171 g/mol. The largest absolute Gasteiger partial charge is 0.481 e. The van der Waals surface area contributed by atoms with Crippen molar-refractivity contribution < 1.29 is 14.7 Å². The lowest BCUT2D eigenvalue weighted by molar-refractivity contribution is -0.143. The van der Waals surface area contributed by atoms with Crippen LogP contribution in [0.15, 0.2) is 0 Å². The van der Waals surface area contributed by atoms with Crippen LogP contribution in [0.2, 0.25) is 0 Å². The van der Waals surface area contributed by atoms with E-state index in [1.165, 1.54) is 6.92 Å². The van der Waals surface area contributed by atoms with Gasteiger partial charge in [-0.3, -0.25) is 9.59 Å². The summed E-state index contributed by atoms with van der Waals surface area (Å²) in [6, 6.07) is -0.250. The number of carbonyl (C=O) groups excluding carboxylic acids is 1. The second-order valence-electron chi connectivity index (χ2n) is 3.18. The highest BCUT2D eigenvalue weighted by Crippen LogP contribution is 2.16. The maximum Gasteiger partial charge on any atom is 0.306 e. The third-order valence-electron chi connectivity index (χ3n) is 2.24. The van der Waals surface area contributed by atoms with Crippen LogP contribution in [0.4, 0.5) is 0 Å². The van der Waals surface area contributed by atoms with E-state index in [-0.39, 0.29) is 17.7 Å². The van der Waals surface area contributed by atoms with Crippen LogP contribution in [0.25, 0.3) is 0 Å². The van der Waals surface area contributed by atoms with Crippen molar-refractivity contribution in [1.82, 2.24) is 5.32 Å². The molecule has 0 saturated carbocycles. The first-order valence-corrected chi connectivity index (χ1v) is 4.08. The Bertz CT molecular complexity index is 182. The summed E-state index contributed by atoms with van der Waals surface area (Å²) in [5, 5.41) is 11.7. The number of aliphatic carboxylic acids is 1. The molecular formula is C8H13NO3. The molecule has 0 aromatic rings. The number of rotatable bonds is 2. The van der Waals surface area contributed by atoms with Crippen LogP contribution in [-0.2, 0) is 9.59 Å². The molecule has 4 heteroatoms. The van der Waals surface area contributed by atoms with Gasteiger partial charge in [0.1, 0.15) is 5.78 Å². The number of hydrogen-bond acceptors (Lipinski definition) is 3. The molecular weight excluding hydrogens is 158 g/mol. The van der Waals surface area contributed by atoms with Crippen molar-refractivity contribution in [3.63, 3.8) is 0 Å². The minimum absolute atomic E-state index is 0.0287. The van der Waals surface area contributed by atoms with Gasteiger partial charge in [0.15, 0.2) is 0 Å². The van der Waals surface area contributed by atoms with Gasteiger partial charge in [-0.1, -0.05) is 0 Å². The molecule has 0 aliphatic carbocycles. The van der Waals surface area contributed by atoms with Crippen molar-refractivity contribution in [2.45, 2.75) is 25.8 Å². The predicted molar refractivity (Wildman–Crippen MR) is 42.8 cm³/mol. The lowest BCUT2D eigenvalue weighted by atomic mass is 9.91. The van der Waals surface area contributed by atoms with Gasteiger partial charge in [-0.25, -0.2) is 0 Å². The number of piperidine rings is 1. The summed E-state index contributed by atoms with van der Waals surface area (Å²) in [6.45, 7) is 2.11. The molecule has 2 unspecified atom stereocenters. The fourth-order valence-electron chi connectivity index (χ4n) is 1.45. The summed E-state index contributed by atoms with van der Waals surface area (Å²) in [4.78, 5) is 21.5. The molecule has 1 heterocycles. The normalized spacial score (nSPS) is 29.8. The first-order valence-electron chi connectivity index (χ1n) is 4.08. The predicted octanol–water partition coefficient (Wildman–Crippen LogP) is 0.0282. The summed E-state index contributed by atoms with van der Waals surface area (Å²) < 4.78 is 0. The molecule has 2 N–H and O–H groups in total. The topological polar surface area (TPSA) is 66.4 Å². The molecule has 0 bridgehead atoms. The molecule has 12 heavy (non-hydrogen) atoms. The molecule has 2 atom stereocenters. The van der Waals surface area contributed by atoms with Crippen LogP contribution < -0.4 is 5.32 Å². The van der Waals surface area contributed by atoms with Crippen molar-refractivity contribution in [3.05, 3.63) is 0 Å². The van der Waals surface area contributed by atoms with E-state index in [4.69, 9.17) is 5.11 Å². The van der Waals surface area contributed by atoms with Crippen molar-refractivity contribution in [3.8, 4) is 0 Å². The molecule has 1 aliphatic heterocycles. The lowest BCUT2D eigenvalue weighted by Gasteiger charge is -2.25. The van der Waals surface area contributed by atoms with Crippen LogP contribution in [-0.4, -0.2) is 29.4 Å². The molecule has 0 aromatic carbocycles. The third kappa shape index (κ3) is 2.04. The Labute approximate surface area is 71.0 Å². The molecule has 0 aromatic heterocycles. The molecule has 1 rings (SSSR count). The van der Waals surface area contributed by atoms with E-state index in [0.717, 1.165) is 0 Å². The second kappa shape index (κ2) is 3.67. The quantitative estimate of drug-likeness (QED) is 0.615. The summed E-state index contributed by atoms with van der Waals surface area (Å²) in [6.07, 6.45) is 1.06. The van der Waals surface area contributed by atoms with E-state index >= 15 is 0 Å². The number of carboxylic acid groups (broad SMARTS) is 1. The highest BCUT2D eigenvalue weighted by molar-refractivity contribution is 5.82. The number of nitrogens with one attached hydrogen (secondary N) is 1. The minimum Gasteiger partial charge on any atom is -0.481 e. The van der Waals surface area contributed by atoms with E-state index in [1.807, 2.05) is 0 Å². The third-order valence-corrected chi connectivity index (χ3v) is 2.24. The molecule has 0 radical (unpaired) electrons. The van der Waals surface area contributed by atoms with E-state index < -0.39 is 5.97 Å². The van der Waals surface area contributed by atoms with E-state index in [0.29, 0.717) is 19.4 Å². The molecule has 0 amide bonds. The van der Waals surface area contributed by atoms with Gasteiger partial charge < -0.3 is 10.4 Å². The Morgan fingerprint density at radius 2 is 2.17 bits per heavy atom. The van der Waals surface area contributed by atoms with Gasteiger partial charge in [-0.15, -0.1) is 0 Å². The number of Topliss-reactive ketones (excluding diaryl/α,β-unsaturated/α-hetero) is 1. The summed E-state index contributed by atoms with van der Waals surface area (Å²) in [5.41, 5.74) is 0. The highest BCUT2D eigenvalue weighted by atomic mass is 16.4. The Morgan fingerprint density at radius 3 is 2.67 bits per heavy atom. The van der Waals surface area contributed by atoms with Crippen molar-refractivity contribution in [2.24, 2.45) is 5.92 Å².